The molecule has 1 rings (SSSR count). The maximum absolute atomic E-state index is 10.8. The summed E-state index contributed by atoms with van der Waals surface area (Å²) >= 11 is 11.6. The topological polar surface area (TPSA) is 63.3 Å². The van der Waals surface area contributed by atoms with Crippen molar-refractivity contribution < 1.29 is 9.90 Å². The first-order valence-corrected chi connectivity index (χ1v) is 5.16. The molecular formula is C10H11Cl2NO2. The van der Waals surface area contributed by atoms with Crippen LogP contribution in [-0.2, 0) is 11.2 Å². The van der Waals surface area contributed by atoms with Crippen LogP contribution in [0.1, 0.15) is 5.56 Å². The Labute approximate surface area is 97.8 Å². The minimum atomic E-state index is -0.909. The molecule has 0 saturated carbocycles. The van der Waals surface area contributed by atoms with Gasteiger partial charge in [0.25, 0.3) is 0 Å². The van der Waals surface area contributed by atoms with E-state index in [9.17, 15) is 4.79 Å². The molecule has 0 aliphatic rings. The van der Waals surface area contributed by atoms with Crippen molar-refractivity contribution in [3.8, 4) is 0 Å². The number of nitrogens with two attached hydrogens (primary N) is 1. The van der Waals surface area contributed by atoms with Crippen LogP contribution in [0.2, 0.25) is 10.0 Å². The summed E-state index contributed by atoms with van der Waals surface area (Å²) in [5.41, 5.74) is 6.13. The summed E-state index contributed by atoms with van der Waals surface area (Å²) in [6, 6.07) is 4.99. The molecule has 15 heavy (non-hydrogen) atoms. The van der Waals surface area contributed by atoms with Crippen molar-refractivity contribution in [3.05, 3.63) is 33.8 Å². The highest BCUT2D eigenvalue weighted by Gasteiger charge is 2.16. The molecule has 1 aromatic rings. The number of hydrogen-bond acceptors (Lipinski definition) is 2. The molecule has 5 heteroatoms. The third kappa shape index (κ3) is 3.70. The number of carbonyl (C=O) groups is 1. The first kappa shape index (κ1) is 12.3. The molecule has 0 unspecified atom stereocenters. The van der Waals surface area contributed by atoms with E-state index in [1.165, 1.54) is 0 Å². The zero-order chi connectivity index (χ0) is 11.4. The molecule has 0 amide bonds. The Morgan fingerprint density at radius 2 is 1.87 bits per heavy atom. The van der Waals surface area contributed by atoms with E-state index in [0.29, 0.717) is 16.5 Å². The third-order valence-electron chi connectivity index (χ3n) is 2.04. The quantitative estimate of drug-likeness (QED) is 0.858. The SMILES string of the molecule is NC[C@@H](Cc1cc(Cl)cc(Cl)c1)C(=O)O. The first-order valence-electron chi connectivity index (χ1n) is 4.40. The lowest BCUT2D eigenvalue weighted by Crippen LogP contribution is -2.25. The number of rotatable bonds is 4. The maximum Gasteiger partial charge on any atom is 0.308 e. The Bertz CT molecular complexity index is 348. The van der Waals surface area contributed by atoms with E-state index < -0.39 is 11.9 Å². The molecule has 0 spiro atoms. The normalized spacial score (nSPS) is 12.5. The number of aliphatic carboxylic acids is 1. The van der Waals surface area contributed by atoms with E-state index in [2.05, 4.69) is 0 Å². The number of hydrogen-bond donors (Lipinski definition) is 2. The van der Waals surface area contributed by atoms with Gasteiger partial charge in [-0.1, -0.05) is 23.2 Å². The van der Waals surface area contributed by atoms with E-state index in [-0.39, 0.29) is 6.54 Å². The molecule has 0 fully saturated rings. The zero-order valence-electron chi connectivity index (χ0n) is 7.91. The van der Waals surface area contributed by atoms with Gasteiger partial charge in [-0.25, -0.2) is 0 Å². The van der Waals surface area contributed by atoms with Crippen molar-refractivity contribution >= 4 is 29.2 Å². The molecule has 3 N–H and O–H groups in total. The van der Waals surface area contributed by atoms with Gasteiger partial charge in [-0.3, -0.25) is 4.79 Å². The summed E-state index contributed by atoms with van der Waals surface area (Å²) in [4.78, 5) is 10.8. The minimum Gasteiger partial charge on any atom is -0.481 e. The largest absolute Gasteiger partial charge is 0.481 e. The third-order valence-corrected chi connectivity index (χ3v) is 2.47. The van der Waals surface area contributed by atoms with Gasteiger partial charge in [0.05, 0.1) is 5.92 Å². The van der Waals surface area contributed by atoms with Gasteiger partial charge in [-0.05, 0) is 30.2 Å². The number of halogens is 2. The molecule has 0 saturated heterocycles. The Hall–Kier alpha value is -0.770. The summed E-state index contributed by atoms with van der Waals surface area (Å²) in [5.74, 6) is -1.51. The lowest BCUT2D eigenvalue weighted by atomic mass is 10.00. The van der Waals surface area contributed by atoms with E-state index in [1.807, 2.05) is 0 Å². The number of carboxylic acid groups (broad SMARTS) is 1. The first-order chi connectivity index (χ1) is 7.02. The highest BCUT2D eigenvalue weighted by Crippen LogP contribution is 2.21. The molecule has 3 nitrogen and oxygen atoms in total. The van der Waals surface area contributed by atoms with Crippen LogP contribution in [0.5, 0.6) is 0 Å². The predicted octanol–water partition coefficient (Wildman–Crippen LogP) is 2.20. The van der Waals surface area contributed by atoms with E-state index in [0.717, 1.165) is 5.56 Å². The predicted molar refractivity (Wildman–Crippen MR) is 60.3 cm³/mol. The fraction of sp³-hybridized carbons (Fsp3) is 0.300. The van der Waals surface area contributed by atoms with E-state index in [1.54, 1.807) is 18.2 Å². The molecule has 0 aliphatic heterocycles. The minimum absolute atomic E-state index is 0.0967. The summed E-state index contributed by atoms with van der Waals surface area (Å²) in [5, 5.41) is 9.82. The van der Waals surface area contributed by atoms with Crippen molar-refractivity contribution in [3.63, 3.8) is 0 Å². The second kappa shape index (κ2) is 5.35. The lowest BCUT2D eigenvalue weighted by Gasteiger charge is -2.09. The molecule has 1 aromatic carbocycles. The monoisotopic (exact) mass is 247 g/mol. The van der Waals surface area contributed by atoms with Gasteiger partial charge in [-0.2, -0.15) is 0 Å². The molecule has 82 valence electrons. The van der Waals surface area contributed by atoms with Crippen LogP contribution >= 0.6 is 23.2 Å². The van der Waals surface area contributed by atoms with Crippen LogP contribution in [0, 0.1) is 5.92 Å². The Morgan fingerprint density at radius 3 is 2.27 bits per heavy atom. The molecular weight excluding hydrogens is 237 g/mol. The smallest absolute Gasteiger partial charge is 0.308 e. The average molecular weight is 248 g/mol. The van der Waals surface area contributed by atoms with Crippen LogP contribution in [0.15, 0.2) is 18.2 Å². The summed E-state index contributed by atoms with van der Waals surface area (Å²) < 4.78 is 0. The second-order valence-corrected chi connectivity index (χ2v) is 4.13. The van der Waals surface area contributed by atoms with Gasteiger partial charge >= 0.3 is 5.97 Å². The summed E-state index contributed by atoms with van der Waals surface area (Å²) in [7, 11) is 0. The van der Waals surface area contributed by atoms with Crippen LogP contribution < -0.4 is 5.73 Å². The highest BCUT2D eigenvalue weighted by atomic mass is 35.5. The Balaban J connectivity index is 2.83. The summed E-state index contributed by atoms with van der Waals surface area (Å²) in [6.45, 7) is 0.0967. The Morgan fingerprint density at radius 1 is 1.33 bits per heavy atom. The maximum atomic E-state index is 10.8. The van der Waals surface area contributed by atoms with E-state index >= 15 is 0 Å². The van der Waals surface area contributed by atoms with E-state index in [4.69, 9.17) is 34.0 Å². The van der Waals surface area contributed by atoms with Gasteiger partial charge in [0.2, 0.25) is 0 Å². The Kier molecular flexibility index (Phi) is 4.39. The van der Waals surface area contributed by atoms with Crippen molar-refractivity contribution in [2.75, 3.05) is 6.54 Å². The fourth-order valence-corrected chi connectivity index (χ4v) is 1.86. The van der Waals surface area contributed by atoms with Gasteiger partial charge in [0, 0.05) is 16.6 Å². The summed E-state index contributed by atoms with van der Waals surface area (Å²) in [6.07, 6.45) is 0.339. The van der Waals surface area contributed by atoms with Crippen LogP contribution in [0.4, 0.5) is 0 Å². The van der Waals surface area contributed by atoms with Crippen molar-refractivity contribution in [1.29, 1.82) is 0 Å². The molecule has 1 atom stereocenters. The van der Waals surface area contributed by atoms with Crippen LogP contribution in [0.3, 0.4) is 0 Å². The standard InChI is InChI=1S/C10H11Cl2NO2/c11-8-2-6(3-9(12)4-8)1-7(5-13)10(14)15/h2-4,7H,1,5,13H2,(H,14,15)/t7-/m1/s1. The van der Waals surface area contributed by atoms with Crippen molar-refractivity contribution in [1.82, 2.24) is 0 Å². The van der Waals surface area contributed by atoms with Crippen molar-refractivity contribution in [2.24, 2.45) is 11.7 Å². The van der Waals surface area contributed by atoms with Crippen LogP contribution in [0.25, 0.3) is 0 Å². The second-order valence-electron chi connectivity index (χ2n) is 3.25. The molecule has 0 bridgehead atoms. The van der Waals surface area contributed by atoms with Gasteiger partial charge in [-0.15, -0.1) is 0 Å². The average Bonchev–Trinajstić information content (AvgIpc) is 2.12. The molecule has 0 heterocycles. The van der Waals surface area contributed by atoms with Gasteiger partial charge in [0.15, 0.2) is 0 Å². The van der Waals surface area contributed by atoms with Crippen LogP contribution in [-0.4, -0.2) is 17.6 Å². The van der Waals surface area contributed by atoms with Gasteiger partial charge in [0.1, 0.15) is 0 Å². The van der Waals surface area contributed by atoms with Crippen molar-refractivity contribution in [2.45, 2.75) is 6.42 Å². The number of carboxylic acids is 1. The zero-order valence-corrected chi connectivity index (χ0v) is 9.42. The molecule has 0 aliphatic carbocycles. The number of benzene rings is 1. The van der Waals surface area contributed by atoms with Gasteiger partial charge < -0.3 is 10.8 Å². The molecule has 0 aromatic heterocycles. The highest BCUT2D eigenvalue weighted by molar-refractivity contribution is 6.34. The lowest BCUT2D eigenvalue weighted by molar-refractivity contribution is -0.141. The molecule has 0 radical (unpaired) electrons. The fourth-order valence-electron chi connectivity index (χ4n) is 1.28.